The molecule has 3 heterocycles. The molecule has 1 aromatic heterocycles. The number of rotatable bonds is 5. The molecule has 7 heteroatoms. The summed E-state index contributed by atoms with van der Waals surface area (Å²) in [4.78, 5) is 30.7. The van der Waals surface area contributed by atoms with E-state index in [0.717, 1.165) is 37.9 Å². The lowest BCUT2D eigenvalue weighted by Gasteiger charge is -2.32. The highest BCUT2D eigenvalue weighted by molar-refractivity contribution is 5.82. The van der Waals surface area contributed by atoms with Crippen LogP contribution < -0.4 is 5.32 Å². The average molecular weight is 334 g/mol. The Morgan fingerprint density at radius 2 is 2.12 bits per heavy atom. The third kappa shape index (κ3) is 3.95. The van der Waals surface area contributed by atoms with E-state index in [0.29, 0.717) is 26.2 Å². The van der Waals surface area contributed by atoms with Crippen LogP contribution >= 0.6 is 0 Å². The molecule has 0 aromatic carbocycles. The van der Waals surface area contributed by atoms with Gasteiger partial charge in [0.15, 0.2) is 0 Å². The van der Waals surface area contributed by atoms with Gasteiger partial charge in [-0.3, -0.25) is 9.59 Å². The lowest BCUT2D eigenvalue weighted by molar-refractivity contribution is -0.143. The number of aryl methyl sites for hydroxylation is 1. The Morgan fingerprint density at radius 3 is 2.75 bits per heavy atom. The summed E-state index contributed by atoms with van der Waals surface area (Å²) in [5.41, 5.74) is 0. The van der Waals surface area contributed by atoms with E-state index in [9.17, 15) is 9.59 Å². The van der Waals surface area contributed by atoms with Crippen LogP contribution in [0.2, 0.25) is 0 Å². The van der Waals surface area contributed by atoms with Gasteiger partial charge in [-0.25, -0.2) is 4.98 Å². The van der Waals surface area contributed by atoms with Gasteiger partial charge in [0.2, 0.25) is 5.91 Å². The van der Waals surface area contributed by atoms with Crippen molar-refractivity contribution in [1.29, 1.82) is 0 Å². The standard InChI is InChI=1S/C17H26N4O3/c1-20-11-8-18-15(20)4-7-19-16(22)13-5-9-21(10-6-13)17(23)14-3-2-12-24-14/h8,11,13-14H,2-7,9-10,12H2,1H3,(H,19,22)/t14-/m1/s1. The zero-order chi connectivity index (χ0) is 16.9. The number of aromatic nitrogens is 2. The monoisotopic (exact) mass is 334 g/mol. The molecule has 1 N–H and O–H groups in total. The molecular weight excluding hydrogens is 308 g/mol. The number of piperidine rings is 1. The molecule has 0 radical (unpaired) electrons. The van der Waals surface area contributed by atoms with E-state index in [2.05, 4.69) is 10.3 Å². The lowest BCUT2D eigenvalue weighted by Crippen LogP contribution is -2.46. The van der Waals surface area contributed by atoms with Crippen LogP contribution in [0.3, 0.4) is 0 Å². The van der Waals surface area contributed by atoms with Crippen molar-refractivity contribution in [1.82, 2.24) is 19.8 Å². The first-order valence-corrected chi connectivity index (χ1v) is 8.79. The molecule has 3 rings (SSSR count). The highest BCUT2D eigenvalue weighted by Crippen LogP contribution is 2.21. The van der Waals surface area contributed by atoms with E-state index in [1.165, 1.54) is 0 Å². The summed E-state index contributed by atoms with van der Waals surface area (Å²) in [7, 11) is 1.95. The summed E-state index contributed by atoms with van der Waals surface area (Å²) in [5.74, 6) is 1.15. The summed E-state index contributed by atoms with van der Waals surface area (Å²) < 4.78 is 7.42. The SMILES string of the molecule is Cn1ccnc1CCNC(=O)C1CCN(C(=O)[C@H]2CCCO2)CC1. The van der Waals surface area contributed by atoms with Crippen LogP contribution in [0.25, 0.3) is 0 Å². The summed E-state index contributed by atoms with van der Waals surface area (Å²) in [6.07, 6.45) is 7.38. The van der Waals surface area contributed by atoms with Gasteiger partial charge in [0, 0.05) is 58.0 Å². The van der Waals surface area contributed by atoms with Crippen LogP contribution in [0, 0.1) is 5.92 Å². The molecule has 2 amide bonds. The fourth-order valence-electron chi connectivity index (χ4n) is 3.42. The molecule has 0 spiro atoms. The van der Waals surface area contributed by atoms with E-state index in [1.54, 1.807) is 6.20 Å². The van der Waals surface area contributed by atoms with Gasteiger partial charge >= 0.3 is 0 Å². The highest BCUT2D eigenvalue weighted by atomic mass is 16.5. The molecule has 0 aliphatic carbocycles. The minimum atomic E-state index is -0.256. The van der Waals surface area contributed by atoms with Gasteiger partial charge in [-0.1, -0.05) is 0 Å². The van der Waals surface area contributed by atoms with Gasteiger partial charge in [0.05, 0.1) is 0 Å². The van der Waals surface area contributed by atoms with Gasteiger partial charge in [-0.05, 0) is 25.7 Å². The molecule has 24 heavy (non-hydrogen) atoms. The fraction of sp³-hybridized carbons (Fsp3) is 0.706. The van der Waals surface area contributed by atoms with Crippen LogP contribution in [0.1, 0.15) is 31.5 Å². The first kappa shape index (κ1) is 17.0. The number of amides is 2. The number of likely N-dealkylation sites (tertiary alicyclic amines) is 1. The van der Waals surface area contributed by atoms with Crippen LogP contribution in [0.4, 0.5) is 0 Å². The Morgan fingerprint density at radius 1 is 1.33 bits per heavy atom. The fourth-order valence-corrected chi connectivity index (χ4v) is 3.42. The van der Waals surface area contributed by atoms with Crippen molar-refractivity contribution in [3.05, 3.63) is 18.2 Å². The molecular formula is C17H26N4O3. The molecule has 1 atom stereocenters. The quantitative estimate of drug-likeness (QED) is 0.850. The minimum Gasteiger partial charge on any atom is -0.368 e. The zero-order valence-corrected chi connectivity index (χ0v) is 14.2. The number of imidazole rings is 1. The average Bonchev–Trinajstić information content (AvgIpc) is 3.26. The third-order valence-electron chi connectivity index (χ3n) is 4.95. The smallest absolute Gasteiger partial charge is 0.251 e. The molecule has 1 aromatic rings. The zero-order valence-electron chi connectivity index (χ0n) is 14.2. The van der Waals surface area contributed by atoms with Crippen molar-refractivity contribution >= 4 is 11.8 Å². The van der Waals surface area contributed by atoms with Crippen LogP contribution in [0.15, 0.2) is 12.4 Å². The number of nitrogens with zero attached hydrogens (tertiary/aromatic N) is 3. The Kier molecular flexibility index (Phi) is 5.50. The Hall–Kier alpha value is -1.89. The molecule has 2 fully saturated rings. The van der Waals surface area contributed by atoms with E-state index in [-0.39, 0.29) is 23.8 Å². The Bertz CT molecular complexity index is 572. The number of nitrogens with one attached hydrogen (secondary N) is 1. The van der Waals surface area contributed by atoms with Crippen LogP contribution in [-0.2, 0) is 27.8 Å². The molecule has 0 bridgehead atoms. The minimum absolute atomic E-state index is 0.0000761. The van der Waals surface area contributed by atoms with Crippen molar-refractivity contribution in [3.8, 4) is 0 Å². The molecule has 0 saturated carbocycles. The molecule has 132 valence electrons. The summed E-state index contributed by atoms with van der Waals surface area (Å²) in [5, 5.41) is 3.00. The number of hydrogen-bond donors (Lipinski definition) is 1. The predicted octanol–water partition coefficient (Wildman–Crippen LogP) is 0.496. The summed E-state index contributed by atoms with van der Waals surface area (Å²) >= 11 is 0. The number of carbonyl (C=O) groups is 2. The van der Waals surface area contributed by atoms with E-state index in [1.807, 2.05) is 22.7 Å². The number of ether oxygens (including phenoxy) is 1. The Balaban J connectivity index is 1.38. The number of carbonyl (C=O) groups excluding carboxylic acids is 2. The molecule has 2 saturated heterocycles. The van der Waals surface area contributed by atoms with Gasteiger partial charge in [-0.15, -0.1) is 0 Å². The normalized spacial score (nSPS) is 21.9. The maximum absolute atomic E-state index is 12.3. The largest absolute Gasteiger partial charge is 0.368 e. The topological polar surface area (TPSA) is 76.5 Å². The molecule has 2 aliphatic rings. The predicted molar refractivity (Wildman–Crippen MR) is 88.2 cm³/mol. The third-order valence-corrected chi connectivity index (χ3v) is 4.95. The first-order valence-electron chi connectivity index (χ1n) is 8.79. The molecule has 7 nitrogen and oxygen atoms in total. The highest BCUT2D eigenvalue weighted by Gasteiger charge is 2.32. The van der Waals surface area contributed by atoms with E-state index in [4.69, 9.17) is 4.74 Å². The van der Waals surface area contributed by atoms with Gasteiger partial charge in [0.1, 0.15) is 11.9 Å². The lowest BCUT2D eigenvalue weighted by atomic mass is 9.95. The summed E-state index contributed by atoms with van der Waals surface area (Å²) in [6.45, 7) is 2.58. The first-order chi connectivity index (χ1) is 11.6. The molecule has 2 aliphatic heterocycles. The maximum Gasteiger partial charge on any atom is 0.251 e. The van der Waals surface area contributed by atoms with Crippen molar-refractivity contribution in [3.63, 3.8) is 0 Å². The second-order valence-corrected chi connectivity index (χ2v) is 6.60. The van der Waals surface area contributed by atoms with Crippen molar-refractivity contribution in [2.24, 2.45) is 13.0 Å². The van der Waals surface area contributed by atoms with Crippen LogP contribution in [0.5, 0.6) is 0 Å². The van der Waals surface area contributed by atoms with Gasteiger partial charge in [-0.2, -0.15) is 0 Å². The van der Waals surface area contributed by atoms with Gasteiger partial charge in [0.25, 0.3) is 5.91 Å². The Labute approximate surface area is 142 Å². The number of hydrogen-bond acceptors (Lipinski definition) is 4. The van der Waals surface area contributed by atoms with Crippen molar-refractivity contribution in [2.75, 3.05) is 26.2 Å². The maximum atomic E-state index is 12.3. The molecule has 0 unspecified atom stereocenters. The second-order valence-electron chi connectivity index (χ2n) is 6.60. The van der Waals surface area contributed by atoms with E-state index < -0.39 is 0 Å². The van der Waals surface area contributed by atoms with Crippen molar-refractivity contribution in [2.45, 2.75) is 38.2 Å². The second kappa shape index (κ2) is 7.79. The van der Waals surface area contributed by atoms with Gasteiger partial charge < -0.3 is 19.5 Å². The van der Waals surface area contributed by atoms with Crippen molar-refractivity contribution < 1.29 is 14.3 Å². The van der Waals surface area contributed by atoms with E-state index >= 15 is 0 Å². The summed E-state index contributed by atoms with van der Waals surface area (Å²) in [6, 6.07) is 0. The van der Waals surface area contributed by atoms with Crippen LogP contribution in [-0.4, -0.2) is 58.6 Å².